The summed E-state index contributed by atoms with van der Waals surface area (Å²) in [6.45, 7) is 8.93. The summed E-state index contributed by atoms with van der Waals surface area (Å²) >= 11 is 7.72. The van der Waals surface area contributed by atoms with Crippen molar-refractivity contribution in [2.75, 3.05) is 0 Å². The summed E-state index contributed by atoms with van der Waals surface area (Å²) in [5.74, 6) is 0. The molecule has 0 unspecified atom stereocenters. The number of rotatable bonds is 1. The van der Waals surface area contributed by atoms with Crippen molar-refractivity contribution in [2.45, 2.75) is 27.7 Å². The highest BCUT2D eigenvalue weighted by atomic mass is 32.1. The molecule has 4 heterocycles. The molecule has 138 valence electrons. The van der Waals surface area contributed by atoms with Crippen molar-refractivity contribution in [3.8, 4) is 9.75 Å². The molecule has 0 nitrogen and oxygen atoms in total. The van der Waals surface area contributed by atoms with Crippen LogP contribution in [0.4, 0.5) is 0 Å². The van der Waals surface area contributed by atoms with E-state index in [1.165, 1.54) is 71.0 Å². The van der Waals surface area contributed by atoms with Gasteiger partial charge in [0.05, 0.1) is 0 Å². The van der Waals surface area contributed by atoms with E-state index in [-0.39, 0.29) is 0 Å². The third-order valence-electron chi connectivity index (χ3n) is 5.51. The van der Waals surface area contributed by atoms with Crippen LogP contribution in [-0.2, 0) is 0 Å². The Morgan fingerprint density at radius 3 is 1.75 bits per heavy atom. The first-order valence-corrected chi connectivity index (χ1v) is 12.6. The first-order valence-electron chi connectivity index (χ1n) is 9.35. The van der Waals surface area contributed by atoms with Gasteiger partial charge in [0, 0.05) is 49.1 Å². The van der Waals surface area contributed by atoms with Crippen LogP contribution < -0.4 is 0 Å². The standard InChI is InChI=1S/C24H18S4/c1-11-5-18-17(23-15(11)7-13(3)26-23)6-12(2)16-9-20(28-24(16)18)22-10-21-19(27-22)8-14(4)25-21/h5-10H,1-4H3. The molecule has 0 bridgehead atoms. The molecule has 0 radical (unpaired) electrons. The molecular weight excluding hydrogens is 417 g/mol. The molecule has 4 aromatic heterocycles. The van der Waals surface area contributed by atoms with E-state index in [2.05, 4.69) is 64.1 Å². The third-order valence-corrected chi connectivity index (χ3v) is 10.2. The lowest BCUT2D eigenvalue weighted by Gasteiger charge is -2.07. The molecule has 28 heavy (non-hydrogen) atoms. The molecule has 0 spiro atoms. The van der Waals surface area contributed by atoms with Gasteiger partial charge in [-0.15, -0.1) is 45.3 Å². The second kappa shape index (κ2) is 5.90. The second-order valence-electron chi connectivity index (χ2n) is 7.63. The van der Waals surface area contributed by atoms with Crippen molar-refractivity contribution in [1.29, 1.82) is 0 Å². The first kappa shape index (κ1) is 17.2. The lowest BCUT2D eigenvalue weighted by molar-refractivity contribution is 1.55. The van der Waals surface area contributed by atoms with Crippen LogP contribution >= 0.6 is 45.3 Å². The Kier molecular flexibility index (Phi) is 3.61. The van der Waals surface area contributed by atoms with Gasteiger partial charge in [0.15, 0.2) is 0 Å². The molecule has 0 saturated heterocycles. The summed E-state index contributed by atoms with van der Waals surface area (Å²) in [6, 6.07) is 14.3. The minimum atomic E-state index is 1.38. The summed E-state index contributed by atoms with van der Waals surface area (Å²) in [7, 11) is 0. The van der Waals surface area contributed by atoms with E-state index in [0.717, 1.165) is 0 Å². The molecule has 0 saturated carbocycles. The van der Waals surface area contributed by atoms with Crippen molar-refractivity contribution in [1.82, 2.24) is 0 Å². The highest BCUT2D eigenvalue weighted by molar-refractivity contribution is 7.32. The maximum atomic E-state index is 2.41. The molecule has 0 aliphatic carbocycles. The zero-order chi connectivity index (χ0) is 19.2. The Labute approximate surface area is 179 Å². The summed E-state index contributed by atoms with van der Waals surface area (Å²) in [4.78, 5) is 5.59. The molecule has 0 atom stereocenters. The number of thiophene rings is 4. The monoisotopic (exact) mass is 434 g/mol. The Bertz CT molecular complexity index is 1520. The third kappa shape index (κ3) is 2.38. The lowest BCUT2D eigenvalue weighted by atomic mass is 9.99. The van der Waals surface area contributed by atoms with E-state index >= 15 is 0 Å². The molecule has 0 N–H and O–H groups in total. The zero-order valence-corrected chi connectivity index (χ0v) is 19.4. The summed E-state index contributed by atoms with van der Waals surface area (Å²) in [5.41, 5.74) is 2.77. The minimum absolute atomic E-state index is 1.38. The SMILES string of the molecule is Cc1cc2sc(-c3cc4c(C)cc5c(cc(C)c6cc(C)sc65)c4s3)cc2s1. The number of aryl methyl sites for hydroxylation is 4. The van der Waals surface area contributed by atoms with Crippen LogP contribution in [0, 0.1) is 27.7 Å². The molecule has 0 aliphatic rings. The van der Waals surface area contributed by atoms with E-state index in [9.17, 15) is 0 Å². The average Bonchev–Trinajstić information content (AvgIpc) is 3.37. The van der Waals surface area contributed by atoms with E-state index in [1.54, 1.807) is 0 Å². The van der Waals surface area contributed by atoms with Crippen molar-refractivity contribution >= 4 is 85.7 Å². The van der Waals surface area contributed by atoms with E-state index in [0.29, 0.717) is 0 Å². The highest BCUT2D eigenvalue weighted by Gasteiger charge is 2.16. The minimum Gasteiger partial charge on any atom is -0.140 e. The van der Waals surface area contributed by atoms with Crippen LogP contribution in [0.25, 0.3) is 50.1 Å². The van der Waals surface area contributed by atoms with Gasteiger partial charge in [0.1, 0.15) is 0 Å². The zero-order valence-electron chi connectivity index (χ0n) is 16.1. The van der Waals surface area contributed by atoms with Crippen molar-refractivity contribution < 1.29 is 0 Å². The van der Waals surface area contributed by atoms with Gasteiger partial charge < -0.3 is 0 Å². The fraction of sp³-hybridized carbons (Fsp3) is 0.167. The van der Waals surface area contributed by atoms with Gasteiger partial charge >= 0.3 is 0 Å². The predicted octanol–water partition coefficient (Wildman–Crippen LogP) is 9.45. The van der Waals surface area contributed by atoms with Gasteiger partial charge in [-0.05, 0) is 86.0 Å². The first-order chi connectivity index (χ1) is 13.5. The molecular formula is C24H18S4. The van der Waals surface area contributed by atoms with Crippen LogP contribution in [-0.4, -0.2) is 0 Å². The molecule has 0 fully saturated rings. The second-order valence-corrected chi connectivity index (χ2v) is 12.3. The van der Waals surface area contributed by atoms with Crippen molar-refractivity contribution in [2.24, 2.45) is 0 Å². The maximum absolute atomic E-state index is 2.41. The fourth-order valence-electron chi connectivity index (χ4n) is 4.21. The van der Waals surface area contributed by atoms with Crippen molar-refractivity contribution in [3.05, 3.63) is 57.3 Å². The van der Waals surface area contributed by atoms with Crippen LogP contribution in [0.15, 0.2) is 36.4 Å². The Hall–Kier alpha value is -1.72. The topological polar surface area (TPSA) is 0 Å². The summed E-state index contributed by atoms with van der Waals surface area (Å²) in [5, 5.41) is 5.66. The fourth-order valence-corrected chi connectivity index (χ4v) is 8.96. The van der Waals surface area contributed by atoms with Crippen LogP contribution in [0.3, 0.4) is 0 Å². The van der Waals surface area contributed by atoms with Crippen LogP contribution in [0.1, 0.15) is 20.9 Å². The largest absolute Gasteiger partial charge is 0.140 e. The Balaban J connectivity index is 1.68. The maximum Gasteiger partial charge on any atom is 0.0464 e. The number of hydrogen-bond donors (Lipinski definition) is 0. The molecule has 6 aromatic rings. The molecule has 2 aromatic carbocycles. The average molecular weight is 435 g/mol. The van der Waals surface area contributed by atoms with Crippen LogP contribution in [0.5, 0.6) is 0 Å². The van der Waals surface area contributed by atoms with E-state index in [1.807, 2.05) is 45.3 Å². The lowest BCUT2D eigenvalue weighted by Crippen LogP contribution is -1.81. The smallest absolute Gasteiger partial charge is 0.0464 e. The van der Waals surface area contributed by atoms with E-state index in [4.69, 9.17) is 0 Å². The molecule has 4 heteroatoms. The van der Waals surface area contributed by atoms with Gasteiger partial charge in [-0.25, -0.2) is 0 Å². The van der Waals surface area contributed by atoms with Gasteiger partial charge in [-0.1, -0.05) is 0 Å². The summed E-state index contributed by atoms with van der Waals surface area (Å²) < 4.78 is 5.72. The predicted molar refractivity (Wildman–Crippen MR) is 132 cm³/mol. The molecule has 0 amide bonds. The quantitative estimate of drug-likeness (QED) is 0.242. The Morgan fingerprint density at radius 2 is 1.04 bits per heavy atom. The number of hydrogen-bond acceptors (Lipinski definition) is 4. The highest BCUT2D eigenvalue weighted by Crippen LogP contribution is 2.46. The van der Waals surface area contributed by atoms with Gasteiger partial charge in [0.25, 0.3) is 0 Å². The van der Waals surface area contributed by atoms with Crippen LogP contribution in [0.2, 0.25) is 0 Å². The number of benzene rings is 2. The van der Waals surface area contributed by atoms with E-state index < -0.39 is 0 Å². The normalized spacial score (nSPS) is 12.3. The van der Waals surface area contributed by atoms with Gasteiger partial charge in [-0.3, -0.25) is 0 Å². The van der Waals surface area contributed by atoms with Crippen molar-refractivity contribution in [3.63, 3.8) is 0 Å². The van der Waals surface area contributed by atoms with Gasteiger partial charge in [-0.2, -0.15) is 0 Å². The summed E-state index contributed by atoms with van der Waals surface area (Å²) in [6.07, 6.45) is 0. The molecule has 6 rings (SSSR count). The Morgan fingerprint density at radius 1 is 0.464 bits per heavy atom. The molecule has 0 aliphatic heterocycles. The van der Waals surface area contributed by atoms with Gasteiger partial charge in [0.2, 0.25) is 0 Å². The number of fused-ring (bicyclic) bond motifs is 6.